The number of rotatable bonds is 6. The van der Waals surface area contributed by atoms with Crippen LogP contribution in [0.25, 0.3) is 0 Å². The quantitative estimate of drug-likeness (QED) is 0.661. The maximum absolute atomic E-state index is 14.1. The van der Waals surface area contributed by atoms with Crippen LogP contribution in [0.4, 0.5) is 14.8 Å². The Balaban J connectivity index is 1.60. The number of nitrogens with one attached hydrogen (secondary N) is 1. The summed E-state index contributed by atoms with van der Waals surface area (Å²) < 4.78 is 34.0. The number of amides is 1. The fourth-order valence-electron chi connectivity index (χ4n) is 3.58. The summed E-state index contributed by atoms with van der Waals surface area (Å²) >= 11 is 0. The third-order valence-electron chi connectivity index (χ3n) is 5.13. The zero-order chi connectivity index (χ0) is 20.9. The zero-order valence-corrected chi connectivity index (χ0v) is 16.4. The van der Waals surface area contributed by atoms with Crippen molar-refractivity contribution in [3.05, 3.63) is 77.2 Å². The number of piperidine rings is 1. The fourth-order valence-corrected chi connectivity index (χ4v) is 3.58. The van der Waals surface area contributed by atoms with Gasteiger partial charge in [0.2, 0.25) is 5.89 Å². The van der Waals surface area contributed by atoms with Gasteiger partial charge in [-0.1, -0.05) is 41.5 Å². The molecule has 0 aliphatic carbocycles. The van der Waals surface area contributed by atoms with E-state index in [1.165, 1.54) is 12.5 Å². The van der Waals surface area contributed by atoms with Crippen LogP contribution in [0, 0.1) is 11.6 Å². The highest BCUT2D eigenvalue weighted by Crippen LogP contribution is 2.24. The molecule has 30 heavy (non-hydrogen) atoms. The minimum absolute atomic E-state index is 0.199. The molecule has 1 aromatic heterocycles. The molecular weight excluding hydrogens is 390 g/mol. The van der Waals surface area contributed by atoms with Crippen molar-refractivity contribution >= 4 is 11.9 Å². The maximum atomic E-state index is 14.1. The van der Waals surface area contributed by atoms with Gasteiger partial charge in [-0.25, -0.2) is 8.78 Å². The van der Waals surface area contributed by atoms with E-state index in [1.54, 1.807) is 0 Å². The molecule has 1 amide bonds. The van der Waals surface area contributed by atoms with Gasteiger partial charge < -0.3 is 14.6 Å². The summed E-state index contributed by atoms with van der Waals surface area (Å²) in [4.78, 5) is 14.7. The van der Waals surface area contributed by atoms with Gasteiger partial charge in [-0.05, 0) is 37.0 Å². The molecule has 1 aliphatic rings. The van der Waals surface area contributed by atoms with Crippen molar-refractivity contribution in [3.8, 4) is 0 Å². The van der Waals surface area contributed by atoms with Crippen molar-refractivity contribution in [2.75, 3.05) is 18.0 Å². The summed E-state index contributed by atoms with van der Waals surface area (Å²) in [6, 6.07) is 12.4. The molecule has 3 aromatic rings. The van der Waals surface area contributed by atoms with E-state index >= 15 is 0 Å². The second-order valence-electron chi connectivity index (χ2n) is 7.28. The number of anilines is 1. The fraction of sp³-hybridized carbons (Fsp3) is 0.318. The highest BCUT2D eigenvalue weighted by atomic mass is 19.1. The Kier molecular flexibility index (Phi) is 6.02. The summed E-state index contributed by atoms with van der Waals surface area (Å²) in [6.07, 6.45) is 3.60. The van der Waals surface area contributed by atoms with Gasteiger partial charge in [-0.3, -0.25) is 4.79 Å². The summed E-state index contributed by atoms with van der Waals surface area (Å²) in [5.74, 6) is -2.52. The van der Waals surface area contributed by atoms with Crippen LogP contribution in [-0.2, 0) is 6.42 Å². The number of hydrogen-bond acceptors (Lipinski definition) is 5. The second kappa shape index (κ2) is 9.02. The Morgan fingerprint density at radius 1 is 1.00 bits per heavy atom. The Bertz CT molecular complexity index is 983. The van der Waals surface area contributed by atoms with Crippen LogP contribution in [0.1, 0.15) is 47.1 Å². The van der Waals surface area contributed by atoms with Gasteiger partial charge in [0, 0.05) is 19.5 Å². The predicted molar refractivity (Wildman–Crippen MR) is 107 cm³/mol. The van der Waals surface area contributed by atoms with E-state index in [-0.39, 0.29) is 5.89 Å². The van der Waals surface area contributed by atoms with Crippen LogP contribution in [-0.4, -0.2) is 29.2 Å². The first-order valence-corrected chi connectivity index (χ1v) is 9.99. The molecule has 1 fully saturated rings. The third kappa shape index (κ3) is 4.48. The van der Waals surface area contributed by atoms with Gasteiger partial charge >= 0.3 is 6.01 Å². The molecule has 1 atom stereocenters. The van der Waals surface area contributed by atoms with E-state index in [4.69, 9.17) is 4.42 Å². The van der Waals surface area contributed by atoms with E-state index in [1.807, 2.05) is 35.2 Å². The van der Waals surface area contributed by atoms with Gasteiger partial charge in [0.05, 0.1) is 0 Å². The number of benzene rings is 2. The number of nitrogens with zero attached hydrogens (tertiary/aromatic N) is 3. The Labute approximate surface area is 172 Å². The predicted octanol–water partition coefficient (Wildman–Crippen LogP) is 4.05. The Hall–Kier alpha value is -3.29. The molecular formula is C22H22F2N4O2. The largest absolute Gasteiger partial charge is 0.406 e. The van der Waals surface area contributed by atoms with Crippen LogP contribution in [0.5, 0.6) is 0 Å². The van der Waals surface area contributed by atoms with Gasteiger partial charge in [0.15, 0.2) is 0 Å². The summed E-state index contributed by atoms with van der Waals surface area (Å²) in [5.41, 5.74) is 0.279. The normalized spacial score (nSPS) is 15.1. The molecule has 2 heterocycles. The molecule has 6 nitrogen and oxygen atoms in total. The van der Waals surface area contributed by atoms with Crippen LogP contribution < -0.4 is 10.2 Å². The standard InChI is InChI=1S/C22H22F2N4O2/c23-16-10-7-11-17(24)19(16)20(29)25-18(14-15-8-3-1-4-9-15)21-26-27-22(30-21)28-12-5-2-6-13-28/h1,3-4,7-11,18H,2,5-6,12-14H2,(H,25,29)/t18-/m0/s1. The lowest BCUT2D eigenvalue weighted by Gasteiger charge is -2.24. The first kappa shape index (κ1) is 20.0. The Morgan fingerprint density at radius 3 is 2.40 bits per heavy atom. The average molecular weight is 412 g/mol. The van der Waals surface area contributed by atoms with Gasteiger partial charge in [-0.15, -0.1) is 5.10 Å². The van der Waals surface area contributed by atoms with Gasteiger partial charge in [0.25, 0.3) is 5.91 Å². The van der Waals surface area contributed by atoms with Crippen molar-refractivity contribution < 1.29 is 18.0 Å². The third-order valence-corrected chi connectivity index (χ3v) is 5.13. The van der Waals surface area contributed by atoms with Crippen molar-refractivity contribution in [3.63, 3.8) is 0 Å². The van der Waals surface area contributed by atoms with Crippen molar-refractivity contribution in [1.82, 2.24) is 15.5 Å². The minimum atomic E-state index is -0.925. The van der Waals surface area contributed by atoms with Crippen LogP contribution in [0.2, 0.25) is 0 Å². The van der Waals surface area contributed by atoms with Crippen molar-refractivity contribution in [1.29, 1.82) is 0 Å². The second-order valence-corrected chi connectivity index (χ2v) is 7.28. The van der Waals surface area contributed by atoms with Crippen LogP contribution in [0.15, 0.2) is 52.9 Å². The topological polar surface area (TPSA) is 71.3 Å². The van der Waals surface area contributed by atoms with E-state index in [2.05, 4.69) is 15.5 Å². The molecule has 0 radical (unpaired) electrons. The molecule has 0 spiro atoms. The highest BCUT2D eigenvalue weighted by Gasteiger charge is 2.26. The maximum Gasteiger partial charge on any atom is 0.318 e. The number of carbonyl (C=O) groups excluding carboxylic acids is 1. The lowest BCUT2D eigenvalue weighted by atomic mass is 10.0. The summed E-state index contributed by atoms with van der Waals surface area (Å²) in [7, 11) is 0. The lowest BCUT2D eigenvalue weighted by Crippen LogP contribution is -2.31. The molecule has 1 saturated heterocycles. The van der Waals surface area contributed by atoms with E-state index in [0.717, 1.165) is 43.6 Å². The van der Waals surface area contributed by atoms with Crippen molar-refractivity contribution in [2.45, 2.75) is 31.7 Å². The smallest absolute Gasteiger partial charge is 0.318 e. The molecule has 8 heteroatoms. The first-order valence-electron chi connectivity index (χ1n) is 9.99. The van der Waals surface area contributed by atoms with E-state index in [9.17, 15) is 13.6 Å². The molecule has 1 aliphatic heterocycles. The number of halogens is 2. The Morgan fingerprint density at radius 2 is 1.70 bits per heavy atom. The molecule has 2 aromatic carbocycles. The molecule has 0 unspecified atom stereocenters. The van der Waals surface area contributed by atoms with Crippen LogP contribution in [0.3, 0.4) is 0 Å². The van der Waals surface area contributed by atoms with Gasteiger partial charge in [0.1, 0.15) is 23.2 Å². The summed E-state index contributed by atoms with van der Waals surface area (Å²) in [5, 5.41) is 10.9. The van der Waals surface area contributed by atoms with Crippen LogP contribution >= 0.6 is 0 Å². The zero-order valence-electron chi connectivity index (χ0n) is 16.4. The SMILES string of the molecule is O=C(N[C@@H](Cc1ccccc1)c1nnc(N2CCCCC2)o1)c1c(F)cccc1F. The minimum Gasteiger partial charge on any atom is -0.406 e. The molecule has 1 N–H and O–H groups in total. The number of carbonyl (C=O) groups is 1. The van der Waals surface area contributed by atoms with E-state index < -0.39 is 29.1 Å². The molecule has 4 rings (SSSR count). The molecule has 0 bridgehead atoms. The number of aromatic nitrogens is 2. The molecule has 156 valence electrons. The summed E-state index contributed by atoms with van der Waals surface area (Å²) in [6.45, 7) is 1.66. The molecule has 0 saturated carbocycles. The number of hydrogen-bond donors (Lipinski definition) is 1. The lowest BCUT2D eigenvalue weighted by molar-refractivity contribution is 0.0921. The monoisotopic (exact) mass is 412 g/mol. The first-order chi connectivity index (χ1) is 14.6. The van der Waals surface area contributed by atoms with E-state index in [0.29, 0.717) is 12.4 Å². The van der Waals surface area contributed by atoms with Crippen molar-refractivity contribution in [2.24, 2.45) is 0 Å². The average Bonchev–Trinajstić information content (AvgIpc) is 3.25. The highest BCUT2D eigenvalue weighted by molar-refractivity contribution is 5.95. The van der Waals surface area contributed by atoms with Gasteiger partial charge in [-0.2, -0.15) is 0 Å².